The fourth-order valence-corrected chi connectivity index (χ4v) is 2.80. The molecule has 1 aliphatic heterocycles. The van der Waals surface area contributed by atoms with Crippen molar-refractivity contribution in [1.29, 1.82) is 5.26 Å². The van der Waals surface area contributed by atoms with Crippen molar-refractivity contribution in [2.24, 2.45) is 4.99 Å². The predicted octanol–water partition coefficient (Wildman–Crippen LogP) is 2.48. The molecule has 0 amide bonds. The molecule has 1 atom stereocenters. The van der Waals surface area contributed by atoms with Crippen LogP contribution in [0.25, 0.3) is 0 Å². The van der Waals surface area contributed by atoms with Crippen molar-refractivity contribution in [1.82, 2.24) is 16.0 Å². The number of benzene rings is 1. The fraction of sp³-hybridized carbons (Fsp3) is 0.333. The highest BCUT2D eigenvalue weighted by Crippen LogP contribution is 2.30. The molecule has 25 heavy (non-hydrogen) atoms. The lowest BCUT2D eigenvalue weighted by Crippen LogP contribution is -2.36. The number of aliphatic imine (C=N–C) groups is 1. The molecular formula is C18H22ClN5O. The monoisotopic (exact) mass is 359 g/mol. The summed E-state index contributed by atoms with van der Waals surface area (Å²) in [5, 5.41) is 18.1. The Kier molecular flexibility index (Phi) is 7.33. The second-order valence-electron chi connectivity index (χ2n) is 5.50. The number of hydrogen-bond donors (Lipinski definition) is 3. The maximum absolute atomic E-state index is 8.56. The van der Waals surface area contributed by atoms with Gasteiger partial charge < -0.3 is 15.4 Å². The first-order valence-electron chi connectivity index (χ1n) is 7.98. The Morgan fingerprint density at radius 1 is 1.40 bits per heavy atom. The zero-order chi connectivity index (χ0) is 18.1. The van der Waals surface area contributed by atoms with E-state index in [-0.39, 0.29) is 5.92 Å². The summed E-state index contributed by atoms with van der Waals surface area (Å²) in [6.45, 7) is 3.54. The van der Waals surface area contributed by atoms with Gasteiger partial charge in [0.15, 0.2) is 6.19 Å². The molecule has 6 nitrogen and oxygen atoms in total. The Balaban J connectivity index is 1.86. The lowest BCUT2D eigenvalue weighted by molar-refractivity contribution is 0.157. The summed E-state index contributed by atoms with van der Waals surface area (Å²) in [6.07, 6.45) is 6.09. The van der Waals surface area contributed by atoms with Crippen molar-refractivity contribution in [3.63, 3.8) is 0 Å². The molecule has 0 saturated heterocycles. The van der Waals surface area contributed by atoms with Crippen molar-refractivity contribution in [2.45, 2.75) is 12.8 Å². The molecule has 1 aromatic rings. The summed E-state index contributed by atoms with van der Waals surface area (Å²) in [4.78, 5) is 3.90. The molecule has 0 fully saturated rings. The van der Waals surface area contributed by atoms with Crippen molar-refractivity contribution in [2.75, 3.05) is 26.8 Å². The highest BCUT2D eigenvalue weighted by molar-refractivity contribution is 6.31. The summed E-state index contributed by atoms with van der Waals surface area (Å²) in [7, 11) is 1.61. The summed E-state index contributed by atoms with van der Waals surface area (Å²) in [5.41, 5.74) is 3.16. The Hall–Kier alpha value is -2.49. The van der Waals surface area contributed by atoms with Gasteiger partial charge in [0.25, 0.3) is 0 Å². The lowest BCUT2D eigenvalue weighted by atomic mass is 9.94. The van der Waals surface area contributed by atoms with E-state index in [0.29, 0.717) is 25.7 Å². The zero-order valence-corrected chi connectivity index (χ0v) is 15.1. The molecule has 0 radical (unpaired) electrons. The van der Waals surface area contributed by atoms with Crippen LogP contribution in [0, 0.1) is 11.5 Å². The SMILES string of the molecule is CN=C(NC#N)NCCOCC1=CC(c2ccccc2Cl)C=C(C)N1. The first kappa shape index (κ1) is 18.8. The van der Waals surface area contributed by atoms with Crippen molar-refractivity contribution >= 4 is 17.6 Å². The molecule has 3 N–H and O–H groups in total. The molecule has 1 unspecified atom stereocenters. The number of allylic oxidation sites excluding steroid dienone is 3. The van der Waals surface area contributed by atoms with E-state index in [1.807, 2.05) is 37.4 Å². The van der Waals surface area contributed by atoms with Gasteiger partial charge in [0.1, 0.15) is 0 Å². The molecule has 7 heteroatoms. The van der Waals surface area contributed by atoms with E-state index < -0.39 is 0 Å². The maximum atomic E-state index is 8.56. The van der Waals surface area contributed by atoms with Gasteiger partial charge in [-0.3, -0.25) is 10.3 Å². The number of guanidine groups is 1. The molecule has 1 aromatic carbocycles. The average molecular weight is 360 g/mol. The van der Waals surface area contributed by atoms with E-state index in [9.17, 15) is 0 Å². The molecular weight excluding hydrogens is 338 g/mol. The van der Waals surface area contributed by atoms with Crippen molar-refractivity contribution in [3.8, 4) is 6.19 Å². The van der Waals surface area contributed by atoms with Gasteiger partial charge in [0, 0.05) is 35.9 Å². The molecule has 0 aromatic heterocycles. The van der Waals surface area contributed by atoms with Crippen LogP contribution in [0.5, 0.6) is 0 Å². The second kappa shape index (κ2) is 9.72. The number of dihydropyridines is 1. The minimum atomic E-state index is 0.130. The number of rotatable bonds is 6. The molecule has 1 aliphatic rings. The summed E-state index contributed by atoms with van der Waals surface area (Å²) in [6, 6.07) is 7.86. The van der Waals surface area contributed by atoms with Crippen molar-refractivity contribution < 1.29 is 4.74 Å². The molecule has 0 saturated carbocycles. The topological polar surface area (TPSA) is 81.5 Å². The van der Waals surface area contributed by atoms with Gasteiger partial charge >= 0.3 is 0 Å². The molecule has 0 spiro atoms. The molecule has 1 heterocycles. The third kappa shape index (κ3) is 5.82. The van der Waals surface area contributed by atoms with Crippen LogP contribution < -0.4 is 16.0 Å². The van der Waals surface area contributed by atoms with E-state index >= 15 is 0 Å². The van der Waals surface area contributed by atoms with Crippen LogP contribution in [0.3, 0.4) is 0 Å². The number of halogens is 1. The average Bonchev–Trinajstić information content (AvgIpc) is 2.60. The van der Waals surface area contributed by atoms with Crippen LogP contribution in [0.1, 0.15) is 18.4 Å². The van der Waals surface area contributed by atoms with E-state index in [2.05, 4.69) is 33.1 Å². The first-order chi connectivity index (χ1) is 12.1. The molecule has 132 valence electrons. The second-order valence-corrected chi connectivity index (χ2v) is 5.91. The Morgan fingerprint density at radius 3 is 2.92 bits per heavy atom. The number of nitrogens with zero attached hydrogens (tertiary/aromatic N) is 2. The van der Waals surface area contributed by atoms with Gasteiger partial charge in [-0.05, 0) is 18.6 Å². The lowest BCUT2D eigenvalue weighted by Gasteiger charge is -2.22. The number of ether oxygens (including phenoxy) is 1. The molecule has 2 rings (SSSR count). The van der Waals surface area contributed by atoms with Crippen LogP contribution in [-0.4, -0.2) is 32.8 Å². The van der Waals surface area contributed by atoms with E-state index in [1.54, 1.807) is 7.05 Å². The summed E-state index contributed by atoms with van der Waals surface area (Å²) >= 11 is 6.31. The summed E-state index contributed by atoms with van der Waals surface area (Å²) in [5.74, 6) is 0.559. The smallest absolute Gasteiger partial charge is 0.204 e. The highest BCUT2D eigenvalue weighted by atomic mass is 35.5. The Labute approximate surface area is 153 Å². The normalized spacial score (nSPS) is 17.0. The van der Waals surface area contributed by atoms with Crippen LogP contribution >= 0.6 is 11.6 Å². The number of hydrogen-bond acceptors (Lipinski definition) is 4. The quantitative estimate of drug-likeness (QED) is 0.239. The fourth-order valence-electron chi connectivity index (χ4n) is 2.54. The van der Waals surface area contributed by atoms with Gasteiger partial charge in [-0.1, -0.05) is 42.0 Å². The van der Waals surface area contributed by atoms with E-state index in [1.165, 1.54) is 0 Å². The van der Waals surface area contributed by atoms with Crippen LogP contribution in [0.4, 0.5) is 0 Å². The highest BCUT2D eigenvalue weighted by Gasteiger charge is 2.15. The first-order valence-corrected chi connectivity index (χ1v) is 8.36. The third-order valence-corrected chi connectivity index (χ3v) is 3.97. The maximum Gasteiger partial charge on any atom is 0.204 e. The van der Waals surface area contributed by atoms with Gasteiger partial charge in [0.05, 0.1) is 13.2 Å². The number of nitrogens with one attached hydrogen (secondary N) is 3. The van der Waals surface area contributed by atoms with Crippen LogP contribution in [0.2, 0.25) is 5.02 Å². The van der Waals surface area contributed by atoms with Gasteiger partial charge in [-0.15, -0.1) is 0 Å². The van der Waals surface area contributed by atoms with Gasteiger partial charge in [0.2, 0.25) is 5.96 Å². The zero-order valence-electron chi connectivity index (χ0n) is 14.3. The summed E-state index contributed by atoms with van der Waals surface area (Å²) < 4.78 is 5.69. The third-order valence-electron chi connectivity index (χ3n) is 3.63. The minimum Gasteiger partial charge on any atom is -0.373 e. The number of nitriles is 1. The van der Waals surface area contributed by atoms with Crippen LogP contribution in [0.15, 0.2) is 52.8 Å². The van der Waals surface area contributed by atoms with Gasteiger partial charge in [-0.2, -0.15) is 5.26 Å². The largest absolute Gasteiger partial charge is 0.373 e. The molecule has 0 bridgehead atoms. The minimum absolute atomic E-state index is 0.130. The van der Waals surface area contributed by atoms with Gasteiger partial charge in [-0.25, -0.2) is 0 Å². The van der Waals surface area contributed by atoms with E-state index in [0.717, 1.165) is 22.0 Å². The molecule has 0 aliphatic carbocycles. The Morgan fingerprint density at radius 2 is 2.20 bits per heavy atom. The predicted molar refractivity (Wildman–Crippen MR) is 100 cm³/mol. The standard InChI is InChI=1S/C18H22ClN5O/c1-13-9-14(16-5-3-4-6-17(16)19)10-15(24-13)11-25-8-7-22-18(21-2)23-12-20/h3-6,9-10,14,24H,7-8,11H2,1-2H3,(H2,21,22,23). The van der Waals surface area contributed by atoms with Crippen molar-refractivity contribution in [3.05, 3.63) is 58.4 Å². The van der Waals surface area contributed by atoms with Crippen LogP contribution in [-0.2, 0) is 4.74 Å². The Bertz CT molecular complexity index is 720. The van der Waals surface area contributed by atoms with E-state index in [4.69, 9.17) is 21.6 Å².